The fraction of sp³-hybridized carbons (Fsp3) is 0.364. The average Bonchev–Trinajstić information content (AvgIpc) is 2.18. The van der Waals surface area contributed by atoms with E-state index in [4.69, 9.17) is 5.11 Å². The first-order valence-electron chi connectivity index (χ1n) is 4.85. The molecule has 1 atom stereocenters. The van der Waals surface area contributed by atoms with Crippen molar-refractivity contribution in [3.8, 4) is 0 Å². The van der Waals surface area contributed by atoms with Gasteiger partial charge in [0, 0.05) is 6.42 Å². The quantitative estimate of drug-likeness (QED) is 0.825. The second-order valence-electron chi connectivity index (χ2n) is 4.07. The Morgan fingerprint density at radius 2 is 1.89 bits per heavy atom. The number of aliphatic hydroxyl groups is 1. The van der Waals surface area contributed by atoms with Crippen molar-refractivity contribution in [3.05, 3.63) is 35.1 Å². The summed E-state index contributed by atoms with van der Waals surface area (Å²) in [7, 11) is 0. The summed E-state index contributed by atoms with van der Waals surface area (Å²) in [5.41, 5.74) is -3.81. The van der Waals surface area contributed by atoms with Crippen molar-refractivity contribution in [2.75, 3.05) is 0 Å². The minimum Gasteiger partial charge on any atom is -0.479 e. The molecule has 1 aromatic rings. The fourth-order valence-electron chi connectivity index (χ4n) is 1.37. The molecule has 0 aromatic heterocycles. The molecule has 0 fully saturated rings. The molecule has 1 unspecified atom stereocenters. The SMILES string of the molecule is CC(O)(Cc1ccc(F)c(C(F)(F)F)c1)C(=O)O. The molecule has 0 spiro atoms. The van der Waals surface area contributed by atoms with E-state index in [1.807, 2.05) is 0 Å². The highest BCUT2D eigenvalue weighted by Crippen LogP contribution is 2.32. The molecule has 0 radical (unpaired) electrons. The fourth-order valence-corrected chi connectivity index (χ4v) is 1.37. The van der Waals surface area contributed by atoms with Gasteiger partial charge < -0.3 is 10.2 Å². The van der Waals surface area contributed by atoms with E-state index < -0.39 is 35.5 Å². The molecule has 2 N–H and O–H groups in total. The zero-order valence-corrected chi connectivity index (χ0v) is 9.25. The normalized spacial score (nSPS) is 15.2. The summed E-state index contributed by atoms with van der Waals surface area (Å²) in [6, 6.07) is 2.09. The van der Waals surface area contributed by atoms with Crippen LogP contribution in [-0.2, 0) is 17.4 Å². The highest BCUT2D eigenvalue weighted by molar-refractivity contribution is 5.76. The topological polar surface area (TPSA) is 57.5 Å². The lowest BCUT2D eigenvalue weighted by Gasteiger charge is -2.18. The number of carboxylic acids is 1. The summed E-state index contributed by atoms with van der Waals surface area (Å²) in [6.45, 7) is 0.950. The maximum Gasteiger partial charge on any atom is 0.419 e. The molecule has 0 aliphatic rings. The summed E-state index contributed by atoms with van der Waals surface area (Å²) in [5, 5.41) is 18.1. The molecule has 0 bridgehead atoms. The minimum atomic E-state index is -4.87. The van der Waals surface area contributed by atoms with Crippen molar-refractivity contribution in [2.45, 2.75) is 25.1 Å². The number of carboxylic acid groups (broad SMARTS) is 1. The number of hydrogen-bond acceptors (Lipinski definition) is 2. The minimum absolute atomic E-state index is 0.115. The summed E-state index contributed by atoms with van der Waals surface area (Å²) in [6.07, 6.45) is -5.42. The molecule has 18 heavy (non-hydrogen) atoms. The zero-order chi connectivity index (χ0) is 14.1. The van der Waals surface area contributed by atoms with E-state index >= 15 is 0 Å². The number of benzene rings is 1. The molecular formula is C11H10F4O3. The molecule has 100 valence electrons. The van der Waals surface area contributed by atoms with Crippen LogP contribution in [0.2, 0.25) is 0 Å². The molecular weight excluding hydrogens is 256 g/mol. The Hall–Kier alpha value is -1.63. The predicted molar refractivity (Wildman–Crippen MR) is 53.4 cm³/mol. The Morgan fingerprint density at radius 3 is 2.33 bits per heavy atom. The van der Waals surface area contributed by atoms with E-state index in [-0.39, 0.29) is 5.56 Å². The first-order chi connectivity index (χ1) is 8.04. The van der Waals surface area contributed by atoms with Crippen LogP contribution in [0.25, 0.3) is 0 Å². The molecule has 3 nitrogen and oxygen atoms in total. The van der Waals surface area contributed by atoms with Crippen molar-refractivity contribution in [3.63, 3.8) is 0 Å². The van der Waals surface area contributed by atoms with Crippen LogP contribution in [0, 0.1) is 5.82 Å². The van der Waals surface area contributed by atoms with Crippen molar-refractivity contribution in [1.29, 1.82) is 0 Å². The largest absolute Gasteiger partial charge is 0.479 e. The lowest BCUT2D eigenvalue weighted by molar-refractivity contribution is -0.156. The number of hydrogen-bond donors (Lipinski definition) is 2. The molecule has 1 aromatic carbocycles. The number of halogens is 4. The van der Waals surface area contributed by atoms with Gasteiger partial charge in [-0.3, -0.25) is 0 Å². The smallest absolute Gasteiger partial charge is 0.419 e. The molecule has 0 amide bonds. The zero-order valence-electron chi connectivity index (χ0n) is 9.25. The van der Waals surface area contributed by atoms with Gasteiger partial charge in [0.15, 0.2) is 5.60 Å². The van der Waals surface area contributed by atoms with Gasteiger partial charge in [-0.15, -0.1) is 0 Å². The Kier molecular flexibility index (Phi) is 3.66. The molecule has 0 aliphatic heterocycles. The van der Waals surface area contributed by atoms with Crippen LogP contribution in [0.15, 0.2) is 18.2 Å². The van der Waals surface area contributed by atoms with Gasteiger partial charge in [-0.25, -0.2) is 9.18 Å². The van der Waals surface area contributed by atoms with Crippen LogP contribution in [0.4, 0.5) is 17.6 Å². The van der Waals surface area contributed by atoms with Gasteiger partial charge in [0.05, 0.1) is 5.56 Å². The maximum atomic E-state index is 13.0. The molecule has 0 heterocycles. The maximum absolute atomic E-state index is 13.0. The third-order valence-electron chi connectivity index (χ3n) is 2.35. The van der Waals surface area contributed by atoms with Gasteiger partial charge in [-0.1, -0.05) is 6.07 Å². The van der Waals surface area contributed by atoms with Crippen molar-refractivity contribution in [2.24, 2.45) is 0 Å². The number of carbonyl (C=O) groups is 1. The molecule has 1 rings (SSSR count). The first-order valence-corrected chi connectivity index (χ1v) is 4.85. The first kappa shape index (κ1) is 14.4. The van der Waals surface area contributed by atoms with Crippen LogP contribution in [-0.4, -0.2) is 21.8 Å². The van der Waals surface area contributed by atoms with E-state index in [1.54, 1.807) is 0 Å². The van der Waals surface area contributed by atoms with Crippen molar-refractivity contribution in [1.82, 2.24) is 0 Å². The number of rotatable bonds is 3. The van der Waals surface area contributed by atoms with Crippen LogP contribution in [0.3, 0.4) is 0 Å². The predicted octanol–water partition coefficient (Wildman–Crippen LogP) is 2.22. The second-order valence-corrected chi connectivity index (χ2v) is 4.07. The van der Waals surface area contributed by atoms with Crippen LogP contribution >= 0.6 is 0 Å². The van der Waals surface area contributed by atoms with Crippen LogP contribution < -0.4 is 0 Å². The average molecular weight is 266 g/mol. The number of alkyl halides is 3. The van der Waals surface area contributed by atoms with Gasteiger partial charge in [0.25, 0.3) is 0 Å². The van der Waals surface area contributed by atoms with Gasteiger partial charge in [0.1, 0.15) is 5.82 Å². The van der Waals surface area contributed by atoms with Gasteiger partial charge in [-0.05, 0) is 24.6 Å². The third kappa shape index (κ3) is 3.19. The lowest BCUT2D eigenvalue weighted by Crippen LogP contribution is -2.37. The molecule has 0 saturated heterocycles. The Bertz CT molecular complexity index is 466. The number of aliphatic carboxylic acids is 1. The summed E-state index contributed by atoms with van der Waals surface area (Å²) in [5.74, 6) is -3.01. The summed E-state index contributed by atoms with van der Waals surface area (Å²) < 4.78 is 50.2. The lowest BCUT2D eigenvalue weighted by atomic mass is 9.95. The van der Waals surface area contributed by atoms with Gasteiger partial charge >= 0.3 is 12.1 Å². The van der Waals surface area contributed by atoms with E-state index in [1.165, 1.54) is 0 Å². The van der Waals surface area contributed by atoms with E-state index in [0.717, 1.165) is 13.0 Å². The van der Waals surface area contributed by atoms with E-state index in [2.05, 4.69) is 0 Å². The summed E-state index contributed by atoms with van der Waals surface area (Å²) >= 11 is 0. The molecule has 7 heteroatoms. The summed E-state index contributed by atoms with van der Waals surface area (Å²) in [4.78, 5) is 10.6. The van der Waals surface area contributed by atoms with Gasteiger partial charge in [-0.2, -0.15) is 13.2 Å². The second kappa shape index (κ2) is 4.56. The Morgan fingerprint density at radius 1 is 1.33 bits per heavy atom. The van der Waals surface area contributed by atoms with Crippen molar-refractivity contribution < 1.29 is 32.6 Å². The van der Waals surface area contributed by atoms with E-state index in [0.29, 0.717) is 12.1 Å². The van der Waals surface area contributed by atoms with Crippen molar-refractivity contribution >= 4 is 5.97 Å². The molecule has 0 saturated carbocycles. The van der Waals surface area contributed by atoms with Crippen LogP contribution in [0.1, 0.15) is 18.1 Å². The third-order valence-corrected chi connectivity index (χ3v) is 2.35. The van der Waals surface area contributed by atoms with Crippen LogP contribution in [0.5, 0.6) is 0 Å². The Balaban J connectivity index is 3.11. The highest BCUT2D eigenvalue weighted by atomic mass is 19.4. The monoisotopic (exact) mass is 266 g/mol. The highest BCUT2D eigenvalue weighted by Gasteiger charge is 2.36. The van der Waals surface area contributed by atoms with E-state index in [9.17, 15) is 27.5 Å². The van der Waals surface area contributed by atoms with Gasteiger partial charge in [0.2, 0.25) is 0 Å². The molecule has 0 aliphatic carbocycles. The standard InChI is InChI=1S/C11H10F4O3/c1-10(18,9(16)17)5-6-2-3-8(12)7(4-6)11(13,14)15/h2-4,18H,5H2,1H3,(H,16,17). The Labute approximate surface area is 99.7 Å².